The first-order valence-corrected chi connectivity index (χ1v) is 10.2. The molecule has 0 radical (unpaired) electrons. The molecule has 0 saturated carbocycles. The van der Waals surface area contributed by atoms with Gasteiger partial charge < -0.3 is 14.5 Å². The van der Waals surface area contributed by atoms with Gasteiger partial charge in [-0.05, 0) is 55.3 Å². The average Bonchev–Trinajstić information content (AvgIpc) is 3.01. The molecule has 1 aliphatic heterocycles. The summed E-state index contributed by atoms with van der Waals surface area (Å²) in [5.74, 6) is 0.411. The third-order valence-electron chi connectivity index (χ3n) is 5.18. The van der Waals surface area contributed by atoms with Crippen LogP contribution < -0.4 is 4.74 Å². The Morgan fingerprint density at radius 2 is 1.52 bits per heavy atom. The summed E-state index contributed by atoms with van der Waals surface area (Å²) in [5, 5.41) is 0. The molecular weight excluding hydrogens is 409 g/mol. The Labute approximate surface area is 179 Å². The molecule has 1 aliphatic rings. The SMILES string of the molecule is CCOc1ccc(CC(=O)N2CCCN(C(=O)c3ccc(C(F)(F)F)cc3)CC2)cc1. The molecule has 2 aromatic carbocycles. The van der Waals surface area contributed by atoms with Crippen LogP contribution in [0.4, 0.5) is 13.2 Å². The predicted molar refractivity (Wildman–Crippen MR) is 110 cm³/mol. The average molecular weight is 434 g/mol. The molecule has 2 aromatic rings. The van der Waals surface area contributed by atoms with E-state index in [2.05, 4.69) is 0 Å². The Hall–Kier alpha value is -3.03. The van der Waals surface area contributed by atoms with Gasteiger partial charge >= 0.3 is 6.18 Å². The quantitative estimate of drug-likeness (QED) is 0.714. The number of benzene rings is 2. The highest BCUT2D eigenvalue weighted by molar-refractivity contribution is 5.94. The van der Waals surface area contributed by atoms with E-state index in [1.54, 1.807) is 9.80 Å². The van der Waals surface area contributed by atoms with E-state index in [9.17, 15) is 22.8 Å². The van der Waals surface area contributed by atoms with E-state index in [0.29, 0.717) is 39.2 Å². The Morgan fingerprint density at radius 1 is 0.903 bits per heavy atom. The van der Waals surface area contributed by atoms with Crippen LogP contribution in [0.25, 0.3) is 0 Å². The lowest BCUT2D eigenvalue weighted by Gasteiger charge is -2.22. The lowest BCUT2D eigenvalue weighted by atomic mass is 10.1. The molecule has 1 heterocycles. The van der Waals surface area contributed by atoms with Crippen LogP contribution in [0.15, 0.2) is 48.5 Å². The number of nitrogens with zero attached hydrogens (tertiary/aromatic N) is 2. The molecule has 0 atom stereocenters. The second-order valence-corrected chi connectivity index (χ2v) is 7.36. The summed E-state index contributed by atoms with van der Waals surface area (Å²) in [6, 6.07) is 11.6. The van der Waals surface area contributed by atoms with Crippen LogP contribution in [0.1, 0.15) is 34.8 Å². The number of amides is 2. The molecule has 5 nitrogen and oxygen atoms in total. The molecule has 1 saturated heterocycles. The van der Waals surface area contributed by atoms with Crippen LogP contribution in [0, 0.1) is 0 Å². The minimum Gasteiger partial charge on any atom is -0.494 e. The van der Waals surface area contributed by atoms with E-state index < -0.39 is 11.7 Å². The predicted octanol–water partition coefficient (Wildman–Crippen LogP) is 4.02. The summed E-state index contributed by atoms with van der Waals surface area (Å²) in [5.41, 5.74) is 0.309. The maximum absolute atomic E-state index is 12.7. The van der Waals surface area contributed by atoms with Crippen molar-refractivity contribution < 1.29 is 27.5 Å². The lowest BCUT2D eigenvalue weighted by Crippen LogP contribution is -2.38. The van der Waals surface area contributed by atoms with Crippen molar-refractivity contribution in [3.8, 4) is 5.75 Å². The number of alkyl halides is 3. The topological polar surface area (TPSA) is 49.9 Å². The highest BCUT2D eigenvalue weighted by Gasteiger charge is 2.30. The second kappa shape index (κ2) is 9.85. The van der Waals surface area contributed by atoms with Gasteiger partial charge in [0.05, 0.1) is 18.6 Å². The van der Waals surface area contributed by atoms with Gasteiger partial charge in [0.2, 0.25) is 5.91 Å². The Morgan fingerprint density at radius 3 is 2.13 bits per heavy atom. The summed E-state index contributed by atoms with van der Waals surface area (Å²) < 4.78 is 43.6. The van der Waals surface area contributed by atoms with Crippen LogP contribution in [-0.2, 0) is 17.4 Å². The monoisotopic (exact) mass is 434 g/mol. The van der Waals surface area contributed by atoms with Gasteiger partial charge in [0.25, 0.3) is 5.91 Å². The number of hydrogen-bond acceptors (Lipinski definition) is 3. The van der Waals surface area contributed by atoms with Crippen molar-refractivity contribution in [2.24, 2.45) is 0 Å². The highest BCUT2D eigenvalue weighted by atomic mass is 19.4. The Bertz CT molecular complexity index is 896. The van der Waals surface area contributed by atoms with Crippen molar-refractivity contribution >= 4 is 11.8 Å². The van der Waals surface area contributed by atoms with Crippen LogP contribution in [0.3, 0.4) is 0 Å². The van der Waals surface area contributed by atoms with Crippen molar-refractivity contribution in [2.75, 3.05) is 32.8 Å². The lowest BCUT2D eigenvalue weighted by molar-refractivity contribution is -0.137. The Balaban J connectivity index is 1.56. The third kappa shape index (κ3) is 5.99. The summed E-state index contributed by atoms with van der Waals surface area (Å²) in [6.45, 7) is 4.20. The van der Waals surface area contributed by atoms with Crippen molar-refractivity contribution in [3.63, 3.8) is 0 Å². The van der Waals surface area contributed by atoms with E-state index in [0.717, 1.165) is 23.4 Å². The maximum Gasteiger partial charge on any atom is 0.416 e. The molecule has 8 heteroatoms. The normalized spacial score (nSPS) is 14.8. The molecule has 1 fully saturated rings. The molecule has 31 heavy (non-hydrogen) atoms. The minimum atomic E-state index is -4.44. The molecular formula is C23H25F3N2O3. The van der Waals surface area contributed by atoms with Crippen LogP contribution in [-0.4, -0.2) is 54.4 Å². The van der Waals surface area contributed by atoms with Crippen molar-refractivity contribution in [2.45, 2.75) is 25.9 Å². The fourth-order valence-corrected chi connectivity index (χ4v) is 3.51. The van der Waals surface area contributed by atoms with E-state index in [1.165, 1.54) is 12.1 Å². The van der Waals surface area contributed by atoms with Gasteiger partial charge in [0.15, 0.2) is 0 Å². The van der Waals surface area contributed by atoms with Gasteiger partial charge in [-0.2, -0.15) is 13.2 Å². The second-order valence-electron chi connectivity index (χ2n) is 7.36. The zero-order valence-corrected chi connectivity index (χ0v) is 17.3. The van der Waals surface area contributed by atoms with Crippen LogP contribution in [0.2, 0.25) is 0 Å². The van der Waals surface area contributed by atoms with E-state index >= 15 is 0 Å². The summed E-state index contributed by atoms with van der Waals surface area (Å²) in [6.07, 6.45) is -3.56. The van der Waals surface area contributed by atoms with Crippen molar-refractivity contribution in [1.29, 1.82) is 0 Å². The van der Waals surface area contributed by atoms with Gasteiger partial charge in [-0.15, -0.1) is 0 Å². The number of halogens is 3. The largest absolute Gasteiger partial charge is 0.494 e. The standard InChI is InChI=1S/C23H25F3N2O3/c1-2-31-20-10-4-17(5-11-20)16-21(29)27-12-3-13-28(15-14-27)22(30)18-6-8-19(9-7-18)23(24,25)26/h4-11H,2-3,12-16H2,1H3. The number of carbonyl (C=O) groups is 2. The molecule has 0 aliphatic carbocycles. The smallest absolute Gasteiger partial charge is 0.416 e. The fraction of sp³-hybridized carbons (Fsp3) is 0.391. The summed E-state index contributed by atoms with van der Waals surface area (Å²) in [4.78, 5) is 28.7. The van der Waals surface area contributed by atoms with Crippen molar-refractivity contribution in [3.05, 3.63) is 65.2 Å². The molecule has 2 amide bonds. The van der Waals surface area contributed by atoms with Crippen LogP contribution >= 0.6 is 0 Å². The van der Waals surface area contributed by atoms with Gasteiger partial charge in [0.1, 0.15) is 5.75 Å². The molecule has 3 rings (SSSR count). The molecule has 0 unspecified atom stereocenters. The first kappa shape index (κ1) is 22.7. The maximum atomic E-state index is 12.7. The van der Waals surface area contributed by atoms with Crippen molar-refractivity contribution in [1.82, 2.24) is 9.80 Å². The highest BCUT2D eigenvalue weighted by Crippen LogP contribution is 2.29. The first-order valence-electron chi connectivity index (χ1n) is 10.2. The number of hydrogen-bond donors (Lipinski definition) is 0. The molecule has 0 bridgehead atoms. The fourth-order valence-electron chi connectivity index (χ4n) is 3.51. The number of carbonyl (C=O) groups excluding carboxylic acids is 2. The van der Waals surface area contributed by atoms with Crippen LogP contribution in [0.5, 0.6) is 5.75 Å². The van der Waals surface area contributed by atoms with E-state index in [4.69, 9.17) is 4.74 Å². The van der Waals surface area contributed by atoms with Gasteiger partial charge in [-0.1, -0.05) is 12.1 Å². The zero-order chi connectivity index (χ0) is 22.4. The minimum absolute atomic E-state index is 0.0204. The zero-order valence-electron chi connectivity index (χ0n) is 17.3. The summed E-state index contributed by atoms with van der Waals surface area (Å²) in [7, 11) is 0. The third-order valence-corrected chi connectivity index (χ3v) is 5.18. The summed E-state index contributed by atoms with van der Waals surface area (Å²) >= 11 is 0. The number of ether oxygens (including phenoxy) is 1. The van der Waals surface area contributed by atoms with Gasteiger partial charge in [-0.3, -0.25) is 9.59 Å². The van der Waals surface area contributed by atoms with Gasteiger partial charge in [0, 0.05) is 31.7 Å². The first-order chi connectivity index (χ1) is 14.8. The molecule has 0 N–H and O–H groups in total. The number of rotatable bonds is 5. The molecule has 0 aromatic heterocycles. The van der Waals surface area contributed by atoms with E-state index in [-0.39, 0.29) is 23.8 Å². The Kier molecular flexibility index (Phi) is 7.20. The van der Waals surface area contributed by atoms with E-state index in [1.807, 2.05) is 31.2 Å². The molecule has 0 spiro atoms. The molecule has 166 valence electrons. The van der Waals surface area contributed by atoms with Gasteiger partial charge in [-0.25, -0.2) is 0 Å².